The number of fused-ring (bicyclic) bond motifs is 3. The zero-order valence-corrected chi connectivity index (χ0v) is 21.8. The van der Waals surface area contributed by atoms with Crippen LogP contribution in [0.25, 0.3) is 33.1 Å². The van der Waals surface area contributed by atoms with E-state index in [1.54, 1.807) is 30.3 Å². The Labute approximate surface area is 224 Å². The molecule has 9 heteroatoms. The van der Waals surface area contributed by atoms with Crippen molar-refractivity contribution in [3.8, 4) is 28.4 Å². The van der Waals surface area contributed by atoms with Gasteiger partial charge in [0, 0.05) is 44.1 Å². The van der Waals surface area contributed by atoms with Crippen molar-refractivity contribution in [3.05, 3.63) is 97.1 Å². The molecule has 0 atom stereocenters. The lowest BCUT2D eigenvalue weighted by Gasteiger charge is -2.21. The molecular formula is C29H21BrO8. The molecule has 0 bridgehead atoms. The van der Waals surface area contributed by atoms with E-state index >= 15 is 0 Å². The summed E-state index contributed by atoms with van der Waals surface area (Å²) in [6.45, 7) is 3.16. The Bertz CT molecular complexity index is 1800. The first-order valence-electron chi connectivity index (χ1n) is 11.9. The molecule has 1 aliphatic rings. The molecular weight excluding hydrogens is 556 g/mol. The van der Waals surface area contributed by atoms with E-state index in [0.29, 0.717) is 46.6 Å². The molecule has 0 fully saturated rings. The van der Waals surface area contributed by atoms with Gasteiger partial charge in [-0.05, 0) is 43.3 Å². The molecule has 8 nitrogen and oxygen atoms in total. The van der Waals surface area contributed by atoms with Crippen LogP contribution in [0.15, 0.2) is 83.6 Å². The SMILES string of the molecule is CCOc1cccc2cc(-c3cc(=O)oc4cc(OCc5cc(Br)cc6c5OCOC6)ccc34)c(=O)oc12. The summed E-state index contributed by atoms with van der Waals surface area (Å²) in [6, 6.07) is 17.4. The zero-order valence-electron chi connectivity index (χ0n) is 20.2. The number of hydrogen-bond donors (Lipinski definition) is 0. The summed E-state index contributed by atoms with van der Waals surface area (Å²) < 4.78 is 34.6. The van der Waals surface area contributed by atoms with Crippen molar-refractivity contribution in [2.45, 2.75) is 20.1 Å². The third-order valence-electron chi connectivity index (χ3n) is 6.18. The van der Waals surface area contributed by atoms with Crippen molar-refractivity contribution in [2.24, 2.45) is 0 Å². The maximum absolute atomic E-state index is 13.0. The molecule has 192 valence electrons. The number of hydrogen-bond acceptors (Lipinski definition) is 8. The molecule has 3 heterocycles. The van der Waals surface area contributed by atoms with Crippen molar-refractivity contribution in [3.63, 3.8) is 0 Å². The van der Waals surface area contributed by atoms with E-state index < -0.39 is 11.3 Å². The van der Waals surface area contributed by atoms with Gasteiger partial charge in [-0.15, -0.1) is 0 Å². The van der Waals surface area contributed by atoms with Gasteiger partial charge in [0.1, 0.15) is 23.7 Å². The van der Waals surface area contributed by atoms with Crippen LogP contribution >= 0.6 is 15.9 Å². The number of ether oxygens (including phenoxy) is 4. The van der Waals surface area contributed by atoms with Gasteiger partial charge in [0.2, 0.25) is 0 Å². The molecule has 1 aliphatic heterocycles. The van der Waals surface area contributed by atoms with Crippen molar-refractivity contribution in [2.75, 3.05) is 13.4 Å². The zero-order chi connectivity index (χ0) is 26.2. The van der Waals surface area contributed by atoms with Crippen LogP contribution in [-0.4, -0.2) is 13.4 Å². The predicted octanol–water partition coefficient (Wildman–Crippen LogP) is 6.17. The first-order valence-corrected chi connectivity index (χ1v) is 12.7. The monoisotopic (exact) mass is 576 g/mol. The molecule has 5 aromatic rings. The maximum Gasteiger partial charge on any atom is 0.344 e. The van der Waals surface area contributed by atoms with Crippen LogP contribution < -0.4 is 25.5 Å². The second-order valence-electron chi connectivity index (χ2n) is 8.64. The van der Waals surface area contributed by atoms with Gasteiger partial charge in [-0.2, -0.15) is 0 Å². The Balaban J connectivity index is 1.37. The van der Waals surface area contributed by atoms with Gasteiger partial charge >= 0.3 is 11.3 Å². The Kier molecular flexibility index (Phi) is 6.39. The van der Waals surface area contributed by atoms with Gasteiger partial charge in [-0.1, -0.05) is 28.1 Å². The standard InChI is InChI=1S/C29H21BrO8/c1-2-34-24-5-3-4-16-10-23(29(32)38-28(16)24)22-12-26(31)37-25-11-20(6-7-21(22)25)35-14-18-9-19(30)8-17-13-33-15-36-27(17)18/h3-12H,2,13-15H2,1H3. The average molecular weight is 577 g/mol. The van der Waals surface area contributed by atoms with Crippen molar-refractivity contribution >= 4 is 37.9 Å². The maximum atomic E-state index is 13.0. The molecule has 3 aromatic carbocycles. The van der Waals surface area contributed by atoms with E-state index in [1.807, 2.05) is 31.2 Å². The first kappa shape index (κ1) is 24.3. The topological polar surface area (TPSA) is 97.3 Å². The van der Waals surface area contributed by atoms with Crippen LogP contribution in [0.3, 0.4) is 0 Å². The Morgan fingerprint density at radius 3 is 2.71 bits per heavy atom. The Hall–Kier alpha value is -4.08. The third-order valence-corrected chi connectivity index (χ3v) is 6.63. The van der Waals surface area contributed by atoms with E-state index in [9.17, 15) is 9.59 Å². The van der Waals surface area contributed by atoms with Crippen LogP contribution in [0, 0.1) is 0 Å². The van der Waals surface area contributed by atoms with Crippen molar-refractivity contribution in [1.29, 1.82) is 0 Å². The summed E-state index contributed by atoms with van der Waals surface area (Å²) >= 11 is 3.51. The molecule has 0 saturated heterocycles. The molecule has 0 aliphatic carbocycles. The van der Waals surface area contributed by atoms with Gasteiger partial charge in [-0.25, -0.2) is 9.59 Å². The number of benzene rings is 3. The highest BCUT2D eigenvalue weighted by Crippen LogP contribution is 2.34. The summed E-state index contributed by atoms with van der Waals surface area (Å²) in [7, 11) is 0. The highest BCUT2D eigenvalue weighted by molar-refractivity contribution is 9.10. The number of halogens is 1. The van der Waals surface area contributed by atoms with E-state index in [0.717, 1.165) is 21.3 Å². The lowest BCUT2D eigenvalue weighted by atomic mass is 10.0. The van der Waals surface area contributed by atoms with Crippen LogP contribution in [-0.2, 0) is 18.0 Å². The normalized spacial score (nSPS) is 12.8. The Morgan fingerprint density at radius 2 is 1.84 bits per heavy atom. The van der Waals surface area contributed by atoms with Gasteiger partial charge in [-0.3, -0.25) is 0 Å². The number of rotatable bonds is 6. The van der Waals surface area contributed by atoms with E-state index in [1.165, 1.54) is 6.07 Å². The largest absolute Gasteiger partial charge is 0.490 e. The van der Waals surface area contributed by atoms with Gasteiger partial charge < -0.3 is 27.8 Å². The summed E-state index contributed by atoms with van der Waals surface area (Å²) in [5.41, 5.74) is 1.91. The molecule has 2 aromatic heterocycles. The highest BCUT2D eigenvalue weighted by Gasteiger charge is 2.18. The van der Waals surface area contributed by atoms with Crippen LogP contribution in [0.4, 0.5) is 0 Å². The minimum atomic E-state index is -0.596. The average Bonchev–Trinajstić information content (AvgIpc) is 2.91. The van der Waals surface area contributed by atoms with Crippen molar-refractivity contribution in [1.82, 2.24) is 0 Å². The number of para-hydroxylation sites is 1. The summed E-state index contributed by atoms with van der Waals surface area (Å²) in [5, 5.41) is 1.25. The van der Waals surface area contributed by atoms with Crippen LogP contribution in [0.2, 0.25) is 0 Å². The first-order chi connectivity index (χ1) is 18.5. The lowest BCUT2D eigenvalue weighted by Crippen LogP contribution is -2.14. The molecule has 0 spiro atoms. The van der Waals surface area contributed by atoms with E-state index in [-0.39, 0.29) is 24.5 Å². The smallest absolute Gasteiger partial charge is 0.344 e. The molecule has 0 radical (unpaired) electrons. The fraction of sp³-hybridized carbons (Fsp3) is 0.172. The molecule has 38 heavy (non-hydrogen) atoms. The molecule has 0 N–H and O–H groups in total. The van der Waals surface area contributed by atoms with E-state index in [4.69, 9.17) is 27.8 Å². The molecule has 0 unspecified atom stereocenters. The van der Waals surface area contributed by atoms with Gasteiger partial charge in [0.15, 0.2) is 18.1 Å². The quantitative estimate of drug-likeness (QED) is 0.221. The second-order valence-corrected chi connectivity index (χ2v) is 9.56. The fourth-order valence-electron chi connectivity index (χ4n) is 4.56. The molecule has 0 saturated carbocycles. The third kappa shape index (κ3) is 4.55. The van der Waals surface area contributed by atoms with E-state index in [2.05, 4.69) is 15.9 Å². The minimum absolute atomic E-state index is 0.182. The summed E-state index contributed by atoms with van der Waals surface area (Å²) in [6.07, 6.45) is 0. The summed E-state index contributed by atoms with van der Waals surface area (Å²) in [5.74, 6) is 1.72. The lowest BCUT2D eigenvalue weighted by molar-refractivity contribution is -0.0176. The van der Waals surface area contributed by atoms with Gasteiger partial charge in [0.05, 0.1) is 18.8 Å². The van der Waals surface area contributed by atoms with Crippen LogP contribution in [0.5, 0.6) is 17.2 Å². The summed E-state index contributed by atoms with van der Waals surface area (Å²) in [4.78, 5) is 25.5. The van der Waals surface area contributed by atoms with Crippen molar-refractivity contribution < 1.29 is 27.8 Å². The predicted molar refractivity (Wildman–Crippen MR) is 144 cm³/mol. The highest BCUT2D eigenvalue weighted by atomic mass is 79.9. The molecule has 6 rings (SSSR count). The Morgan fingerprint density at radius 1 is 0.947 bits per heavy atom. The molecule has 0 amide bonds. The minimum Gasteiger partial charge on any atom is -0.490 e. The van der Waals surface area contributed by atoms with Gasteiger partial charge in [0.25, 0.3) is 0 Å². The van der Waals surface area contributed by atoms with Crippen LogP contribution in [0.1, 0.15) is 18.1 Å². The fourth-order valence-corrected chi connectivity index (χ4v) is 5.11. The second kappa shape index (κ2) is 10.00.